The molecule has 3 N–H and O–H groups in total. The Kier molecular flexibility index (Phi) is 4.59. The molecule has 1 heterocycles. The smallest absolute Gasteiger partial charge is 0.203 e. The number of hydrogen-bond donors (Lipinski definition) is 3. The van der Waals surface area contributed by atoms with E-state index in [0.717, 1.165) is 11.3 Å². The second kappa shape index (κ2) is 6.80. The summed E-state index contributed by atoms with van der Waals surface area (Å²) in [6, 6.07) is 12.7. The lowest BCUT2D eigenvalue weighted by atomic mass is 10.2. The molecule has 0 spiro atoms. The maximum Gasteiger partial charge on any atom is 0.203 e. The van der Waals surface area contributed by atoms with Crippen molar-refractivity contribution >= 4 is 38.6 Å². The fraction of sp³-hybridized carbons (Fsp3) is 0. The minimum absolute atomic E-state index is 0.0179. The van der Waals surface area contributed by atoms with Gasteiger partial charge in [0.1, 0.15) is 11.5 Å². The van der Waals surface area contributed by atoms with Crippen molar-refractivity contribution in [3.8, 4) is 22.8 Å². The van der Waals surface area contributed by atoms with Gasteiger partial charge in [0, 0.05) is 10.9 Å². The summed E-state index contributed by atoms with van der Waals surface area (Å²) in [5.74, 6) is 0.0502. The number of phenols is 2. The van der Waals surface area contributed by atoms with Crippen LogP contribution in [0.15, 0.2) is 57.4 Å². The molecule has 0 unspecified atom stereocenters. The molecule has 0 aliphatic heterocycles. The van der Waals surface area contributed by atoms with Crippen molar-refractivity contribution in [3.63, 3.8) is 0 Å². The summed E-state index contributed by atoms with van der Waals surface area (Å²) >= 11 is 4.64. The van der Waals surface area contributed by atoms with Crippen LogP contribution in [0.4, 0.5) is 5.13 Å². The molecule has 0 amide bonds. The fourth-order valence-electron chi connectivity index (χ4n) is 1.91. The van der Waals surface area contributed by atoms with E-state index in [-0.39, 0.29) is 11.5 Å². The first-order valence-electron chi connectivity index (χ1n) is 6.65. The third kappa shape index (κ3) is 3.52. The van der Waals surface area contributed by atoms with Gasteiger partial charge in [-0.2, -0.15) is 5.10 Å². The zero-order valence-corrected chi connectivity index (χ0v) is 14.2. The normalized spacial score (nSPS) is 11.0. The van der Waals surface area contributed by atoms with Crippen molar-refractivity contribution in [1.82, 2.24) is 4.98 Å². The molecule has 23 heavy (non-hydrogen) atoms. The maximum absolute atomic E-state index is 9.79. The van der Waals surface area contributed by atoms with E-state index in [1.54, 1.807) is 0 Å². The van der Waals surface area contributed by atoms with Crippen molar-refractivity contribution < 1.29 is 10.2 Å². The average molecular weight is 390 g/mol. The van der Waals surface area contributed by atoms with E-state index < -0.39 is 0 Å². The Labute approximate surface area is 145 Å². The molecule has 0 saturated carbocycles. The van der Waals surface area contributed by atoms with Crippen LogP contribution < -0.4 is 5.43 Å². The first-order valence-corrected chi connectivity index (χ1v) is 8.33. The van der Waals surface area contributed by atoms with Crippen LogP contribution in [0.2, 0.25) is 0 Å². The van der Waals surface area contributed by atoms with Crippen molar-refractivity contribution in [3.05, 3.63) is 57.9 Å². The number of halogens is 1. The molecule has 7 heteroatoms. The monoisotopic (exact) mass is 389 g/mol. The van der Waals surface area contributed by atoms with Gasteiger partial charge in [-0.25, -0.2) is 4.98 Å². The molecule has 0 saturated heterocycles. The number of nitrogens with zero attached hydrogens (tertiary/aromatic N) is 2. The molecule has 1 aromatic heterocycles. The molecule has 0 bridgehead atoms. The van der Waals surface area contributed by atoms with Gasteiger partial charge in [0.15, 0.2) is 0 Å². The van der Waals surface area contributed by atoms with Crippen molar-refractivity contribution in [2.75, 3.05) is 5.43 Å². The number of nitrogens with one attached hydrogen (secondary N) is 1. The van der Waals surface area contributed by atoms with Gasteiger partial charge < -0.3 is 10.2 Å². The van der Waals surface area contributed by atoms with Crippen LogP contribution in [0.25, 0.3) is 11.3 Å². The van der Waals surface area contributed by atoms with Gasteiger partial charge in [0.25, 0.3) is 0 Å². The summed E-state index contributed by atoms with van der Waals surface area (Å²) in [4.78, 5) is 4.44. The highest BCUT2D eigenvalue weighted by molar-refractivity contribution is 9.10. The van der Waals surface area contributed by atoms with Crippen molar-refractivity contribution in [2.45, 2.75) is 0 Å². The first-order chi connectivity index (χ1) is 11.1. The van der Waals surface area contributed by atoms with Crippen LogP contribution in [0.5, 0.6) is 11.5 Å². The molecule has 3 rings (SSSR count). The molecule has 0 radical (unpaired) electrons. The van der Waals surface area contributed by atoms with Gasteiger partial charge in [-0.3, -0.25) is 5.43 Å². The van der Waals surface area contributed by atoms with Gasteiger partial charge in [-0.15, -0.1) is 11.3 Å². The van der Waals surface area contributed by atoms with E-state index in [2.05, 4.69) is 31.4 Å². The van der Waals surface area contributed by atoms with Crippen LogP contribution in [-0.4, -0.2) is 21.4 Å². The topological polar surface area (TPSA) is 77.7 Å². The van der Waals surface area contributed by atoms with Gasteiger partial charge >= 0.3 is 0 Å². The highest BCUT2D eigenvalue weighted by Crippen LogP contribution is 2.32. The number of aromatic nitrogens is 1. The minimum atomic E-state index is 0.0179. The summed E-state index contributed by atoms with van der Waals surface area (Å²) < 4.78 is 0.382. The van der Waals surface area contributed by atoms with Crippen LogP contribution in [-0.2, 0) is 0 Å². The van der Waals surface area contributed by atoms with E-state index in [1.807, 2.05) is 35.7 Å². The number of benzene rings is 2. The molecule has 0 atom stereocenters. The maximum atomic E-state index is 9.79. The predicted molar refractivity (Wildman–Crippen MR) is 96.2 cm³/mol. The quantitative estimate of drug-likeness (QED) is 0.350. The summed E-state index contributed by atoms with van der Waals surface area (Å²) in [6.45, 7) is 0. The molecular formula is C16H12BrN3O2S. The van der Waals surface area contributed by atoms with E-state index in [1.165, 1.54) is 29.7 Å². The third-order valence-electron chi connectivity index (χ3n) is 3.06. The molecular weight excluding hydrogens is 378 g/mol. The third-order valence-corrected chi connectivity index (χ3v) is 4.64. The SMILES string of the molecule is Oc1ccc(O)c(C=NNc2nc(-c3ccccc3)cs2)c1Br. The lowest BCUT2D eigenvalue weighted by Gasteiger charge is -2.03. The predicted octanol–water partition coefficient (Wildman–Crippen LogP) is 4.43. The summed E-state index contributed by atoms with van der Waals surface area (Å²) in [7, 11) is 0. The lowest BCUT2D eigenvalue weighted by molar-refractivity contribution is 0.456. The summed E-state index contributed by atoms with van der Waals surface area (Å²) in [5, 5.41) is 26.0. The van der Waals surface area contributed by atoms with E-state index >= 15 is 0 Å². The van der Waals surface area contributed by atoms with Crippen LogP contribution in [0, 0.1) is 0 Å². The molecule has 0 aliphatic rings. The standard InChI is InChI=1S/C16H12BrN3O2S/c17-15-11(13(21)6-7-14(15)22)8-18-20-16-19-12(9-23-16)10-4-2-1-3-5-10/h1-9,21-22H,(H,19,20). The summed E-state index contributed by atoms with van der Waals surface area (Å²) in [6.07, 6.45) is 1.42. The highest BCUT2D eigenvalue weighted by Gasteiger charge is 2.08. The Balaban J connectivity index is 1.75. The van der Waals surface area contributed by atoms with Gasteiger partial charge in [-0.1, -0.05) is 30.3 Å². The summed E-state index contributed by atoms with van der Waals surface area (Å²) in [5.41, 5.74) is 5.11. The van der Waals surface area contributed by atoms with E-state index in [4.69, 9.17) is 0 Å². The Morgan fingerprint density at radius 1 is 1.09 bits per heavy atom. The number of aromatic hydroxyl groups is 2. The van der Waals surface area contributed by atoms with Crippen LogP contribution in [0.1, 0.15) is 5.56 Å². The van der Waals surface area contributed by atoms with Gasteiger partial charge in [-0.05, 0) is 28.1 Å². The van der Waals surface area contributed by atoms with E-state index in [0.29, 0.717) is 15.2 Å². The van der Waals surface area contributed by atoms with Crippen LogP contribution >= 0.6 is 27.3 Å². The number of thiazole rings is 1. The minimum Gasteiger partial charge on any atom is -0.507 e. The largest absolute Gasteiger partial charge is 0.507 e. The Morgan fingerprint density at radius 2 is 1.83 bits per heavy atom. The van der Waals surface area contributed by atoms with Crippen LogP contribution in [0.3, 0.4) is 0 Å². The van der Waals surface area contributed by atoms with Gasteiger partial charge in [0.2, 0.25) is 5.13 Å². The number of hydrazone groups is 1. The second-order valence-electron chi connectivity index (χ2n) is 4.61. The Bertz CT molecular complexity index is 850. The van der Waals surface area contributed by atoms with Crippen molar-refractivity contribution in [1.29, 1.82) is 0 Å². The molecule has 0 aliphatic carbocycles. The van der Waals surface area contributed by atoms with Gasteiger partial charge in [0.05, 0.1) is 21.9 Å². The number of anilines is 1. The molecule has 116 valence electrons. The second-order valence-corrected chi connectivity index (χ2v) is 6.26. The number of phenolic OH excluding ortho intramolecular Hbond substituents is 2. The fourth-order valence-corrected chi connectivity index (χ4v) is 3.02. The molecule has 2 aromatic carbocycles. The average Bonchev–Trinajstić information content (AvgIpc) is 3.04. The molecule has 3 aromatic rings. The highest BCUT2D eigenvalue weighted by atomic mass is 79.9. The number of rotatable bonds is 4. The first kappa shape index (κ1) is 15.5. The van der Waals surface area contributed by atoms with E-state index in [9.17, 15) is 10.2 Å². The molecule has 5 nitrogen and oxygen atoms in total. The molecule has 0 fully saturated rings. The Hall–Kier alpha value is -2.38. The number of hydrogen-bond acceptors (Lipinski definition) is 6. The zero-order chi connectivity index (χ0) is 16.2. The Morgan fingerprint density at radius 3 is 2.61 bits per heavy atom. The van der Waals surface area contributed by atoms with Crippen molar-refractivity contribution in [2.24, 2.45) is 5.10 Å². The lowest BCUT2D eigenvalue weighted by Crippen LogP contribution is -1.92. The zero-order valence-electron chi connectivity index (χ0n) is 11.8.